The number of carbonyl (C=O) groups excluding carboxylic acids is 2. The number of halogens is 8. The molecule has 18 heteroatoms. The van der Waals surface area contributed by atoms with Gasteiger partial charge in [-0.2, -0.15) is 0 Å². The van der Waals surface area contributed by atoms with E-state index in [1.165, 1.54) is 25.7 Å². The zero-order valence-corrected chi connectivity index (χ0v) is 27.2. The van der Waals surface area contributed by atoms with Gasteiger partial charge in [0.2, 0.25) is 11.8 Å². The summed E-state index contributed by atoms with van der Waals surface area (Å²) in [4.78, 5) is 28.8. The number of hydrogen-bond donors (Lipinski definition) is 1. The molecule has 3 heterocycles. The van der Waals surface area contributed by atoms with E-state index in [0.717, 1.165) is 35.2 Å². The minimum absolute atomic E-state index is 0.143. The highest BCUT2D eigenvalue weighted by atomic mass is 19.4. The van der Waals surface area contributed by atoms with Crippen LogP contribution in [0.1, 0.15) is 63.5 Å². The lowest BCUT2D eigenvalue weighted by molar-refractivity contribution is -0.274. The number of alkyl carbamates (subject to hydrolysis) is 1. The molecule has 1 unspecified atom stereocenters. The smallest absolute Gasteiger partial charge is 0.444 e. The summed E-state index contributed by atoms with van der Waals surface area (Å²) in [7, 11) is 0. The fourth-order valence-electron chi connectivity index (χ4n) is 5.81. The number of likely N-dealkylation sites (tertiary alicyclic amines) is 1. The maximum atomic E-state index is 15.9. The molecule has 0 saturated carbocycles. The predicted molar refractivity (Wildman–Crippen MR) is 160 cm³/mol. The van der Waals surface area contributed by atoms with Crippen molar-refractivity contribution in [2.24, 2.45) is 0 Å². The maximum Gasteiger partial charge on any atom is 0.573 e. The summed E-state index contributed by atoms with van der Waals surface area (Å²) in [6.45, 7) is 5.68. The molecule has 2 aliphatic rings. The topological polar surface area (TPSA) is 110 Å². The van der Waals surface area contributed by atoms with Gasteiger partial charge in [-0.25, -0.2) is 26.7 Å². The second-order valence-electron chi connectivity index (χ2n) is 13.1. The molecule has 0 spiro atoms. The Bertz CT molecular complexity index is 1720. The van der Waals surface area contributed by atoms with Gasteiger partial charge >= 0.3 is 12.5 Å². The third kappa shape index (κ3) is 8.62. The molecule has 1 N–H and O–H groups in total. The molecule has 2 aromatic carbocycles. The fraction of sp³-hybridized carbons (Fsp3) is 0.500. The van der Waals surface area contributed by atoms with Crippen molar-refractivity contribution >= 4 is 17.7 Å². The van der Waals surface area contributed by atoms with Crippen LogP contribution in [0, 0.1) is 5.82 Å². The molecule has 1 saturated heterocycles. The summed E-state index contributed by atoms with van der Waals surface area (Å²) in [6, 6.07) is 3.62. The molecule has 0 aliphatic carbocycles. The molecule has 10 nitrogen and oxygen atoms in total. The van der Waals surface area contributed by atoms with E-state index in [4.69, 9.17) is 9.15 Å². The largest absolute Gasteiger partial charge is 0.573 e. The van der Waals surface area contributed by atoms with Crippen LogP contribution in [-0.4, -0.2) is 70.7 Å². The molecule has 2 aliphatic heterocycles. The molecule has 1 aromatic heterocycles. The van der Waals surface area contributed by atoms with Crippen LogP contribution in [-0.2, 0) is 22.0 Å². The SMILES string of the molecule is CCN1CC(c2nnc(-c3cc4c(cc3F)C(F)(F)C[C@H](NC(=O)OC(C)(C)C)C(=O)N4Cc3ccc(OC(F)(F)F)cc3)o2)CC(F)(F)C1. The number of alkyl halides is 7. The zero-order valence-electron chi connectivity index (χ0n) is 27.2. The molecular formula is C32H33F8N5O5. The Labute approximate surface area is 280 Å². The van der Waals surface area contributed by atoms with E-state index in [-0.39, 0.29) is 18.0 Å². The van der Waals surface area contributed by atoms with E-state index in [9.17, 15) is 31.5 Å². The van der Waals surface area contributed by atoms with Gasteiger partial charge in [0.05, 0.1) is 30.3 Å². The van der Waals surface area contributed by atoms with Gasteiger partial charge in [0.25, 0.3) is 17.7 Å². The second kappa shape index (κ2) is 13.3. The molecule has 272 valence electrons. The lowest BCUT2D eigenvalue weighted by Gasteiger charge is -2.35. The highest BCUT2D eigenvalue weighted by Gasteiger charge is 2.47. The van der Waals surface area contributed by atoms with Gasteiger partial charge in [-0.05, 0) is 57.1 Å². The Morgan fingerprint density at radius 2 is 1.74 bits per heavy atom. The van der Waals surface area contributed by atoms with Crippen molar-refractivity contribution in [1.82, 2.24) is 20.4 Å². The third-order valence-corrected chi connectivity index (χ3v) is 7.93. The highest BCUT2D eigenvalue weighted by Crippen LogP contribution is 2.45. The summed E-state index contributed by atoms with van der Waals surface area (Å²) in [6.07, 6.45) is -8.10. The molecule has 2 atom stereocenters. The van der Waals surface area contributed by atoms with E-state index in [1.54, 1.807) is 6.92 Å². The number of likely N-dealkylation sites (N-methyl/N-ethyl adjacent to an activating group) is 1. The van der Waals surface area contributed by atoms with Gasteiger partial charge in [0.1, 0.15) is 23.2 Å². The number of carbonyl (C=O) groups is 2. The van der Waals surface area contributed by atoms with E-state index in [2.05, 4.69) is 20.3 Å². The summed E-state index contributed by atoms with van der Waals surface area (Å²) >= 11 is 0. The number of aromatic nitrogens is 2. The zero-order chi connectivity index (χ0) is 36.8. The quantitative estimate of drug-likeness (QED) is 0.257. The lowest BCUT2D eigenvalue weighted by Crippen LogP contribution is -2.49. The van der Waals surface area contributed by atoms with Crippen molar-refractivity contribution in [3.05, 3.63) is 59.2 Å². The van der Waals surface area contributed by atoms with Crippen LogP contribution in [0.2, 0.25) is 0 Å². The highest BCUT2D eigenvalue weighted by molar-refractivity contribution is 6.00. The van der Waals surface area contributed by atoms with Crippen molar-refractivity contribution in [3.63, 3.8) is 0 Å². The first kappa shape index (κ1) is 36.8. The average molecular weight is 720 g/mol. The molecule has 0 bridgehead atoms. The van der Waals surface area contributed by atoms with Crippen molar-refractivity contribution < 1.29 is 58.6 Å². The van der Waals surface area contributed by atoms with Gasteiger partial charge in [-0.1, -0.05) is 19.1 Å². The lowest BCUT2D eigenvalue weighted by atomic mass is 9.95. The van der Waals surface area contributed by atoms with Crippen molar-refractivity contribution in [2.45, 2.75) is 82.8 Å². The van der Waals surface area contributed by atoms with E-state index in [0.29, 0.717) is 12.6 Å². The van der Waals surface area contributed by atoms with Crippen LogP contribution in [0.5, 0.6) is 5.75 Å². The van der Waals surface area contributed by atoms with Crippen molar-refractivity contribution in [3.8, 4) is 17.2 Å². The summed E-state index contributed by atoms with van der Waals surface area (Å²) < 4.78 is 129. The number of nitrogens with one attached hydrogen (secondary N) is 1. The minimum Gasteiger partial charge on any atom is -0.444 e. The Kier molecular flexibility index (Phi) is 9.81. The van der Waals surface area contributed by atoms with Gasteiger partial charge in [-0.3, -0.25) is 9.69 Å². The Morgan fingerprint density at radius 3 is 2.36 bits per heavy atom. The monoisotopic (exact) mass is 719 g/mol. The van der Waals surface area contributed by atoms with Gasteiger partial charge < -0.3 is 24.1 Å². The Balaban J connectivity index is 1.55. The first-order valence-corrected chi connectivity index (χ1v) is 15.4. The maximum absolute atomic E-state index is 15.9. The first-order chi connectivity index (χ1) is 23.1. The van der Waals surface area contributed by atoms with Crippen LogP contribution < -0.4 is 15.0 Å². The van der Waals surface area contributed by atoms with E-state index in [1.807, 2.05) is 0 Å². The minimum atomic E-state index is -4.99. The van der Waals surface area contributed by atoms with Crippen molar-refractivity contribution in [2.75, 3.05) is 24.5 Å². The molecular weight excluding hydrogens is 686 g/mol. The number of anilines is 1. The molecule has 0 radical (unpaired) electrons. The van der Waals surface area contributed by atoms with E-state index >= 15 is 13.2 Å². The molecule has 1 fully saturated rings. The Morgan fingerprint density at radius 1 is 1.06 bits per heavy atom. The predicted octanol–water partition coefficient (Wildman–Crippen LogP) is 7.14. The third-order valence-electron chi connectivity index (χ3n) is 7.93. The average Bonchev–Trinajstić information content (AvgIpc) is 3.45. The molecule has 2 amide bonds. The van der Waals surface area contributed by atoms with Crippen LogP contribution in [0.15, 0.2) is 40.8 Å². The number of nitrogens with zero attached hydrogens (tertiary/aromatic N) is 4. The van der Waals surface area contributed by atoms with Crippen molar-refractivity contribution in [1.29, 1.82) is 0 Å². The molecule has 50 heavy (non-hydrogen) atoms. The Hall–Kier alpha value is -4.48. The number of fused-ring (bicyclic) bond motifs is 1. The second-order valence-corrected chi connectivity index (χ2v) is 13.1. The molecule has 3 aromatic rings. The summed E-state index contributed by atoms with van der Waals surface area (Å²) in [5.41, 5.74) is -2.94. The number of hydrogen-bond acceptors (Lipinski definition) is 8. The fourth-order valence-corrected chi connectivity index (χ4v) is 5.81. The number of ether oxygens (including phenoxy) is 2. The summed E-state index contributed by atoms with van der Waals surface area (Å²) in [5.74, 6) is -11.6. The van der Waals surface area contributed by atoms with Crippen LogP contribution in [0.4, 0.5) is 45.6 Å². The van der Waals surface area contributed by atoms with Gasteiger partial charge in [0, 0.05) is 24.9 Å². The van der Waals surface area contributed by atoms with Crippen LogP contribution in [0.25, 0.3) is 11.5 Å². The van der Waals surface area contributed by atoms with Gasteiger partial charge in [0.15, 0.2) is 0 Å². The molecule has 5 rings (SSSR count). The standard InChI is InChI=1S/C32H33F8N5O5/c1-5-44-15-18(12-30(34,35)16-44)25-42-43-26(48-25)20-10-24-21(11-22(20)33)31(36,37)13-23(41-28(47)50-29(2,3)4)27(46)45(24)14-17-6-8-19(9-7-17)49-32(38,39)40/h6-11,18,23H,5,12-16H2,1-4H3,(H,41,47)/t18?,23-/m0/s1. The summed E-state index contributed by atoms with van der Waals surface area (Å²) in [5, 5.41) is 9.77. The van der Waals surface area contributed by atoms with Gasteiger partial charge in [-0.15, -0.1) is 23.4 Å². The van der Waals surface area contributed by atoms with Crippen LogP contribution in [0.3, 0.4) is 0 Å². The van der Waals surface area contributed by atoms with E-state index < -0.39 is 108 Å². The normalized spacial score (nSPS) is 21.0. The first-order valence-electron chi connectivity index (χ1n) is 15.4. The number of amides is 2. The van der Waals surface area contributed by atoms with Crippen LogP contribution >= 0.6 is 0 Å². The number of piperidine rings is 1. The number of benzene rings is 2. The number of rotatable bonds is 7.